The molecule has 6 heteroatoms. The van der Waals surface area contributed by atoms with Gasteiger partial charge in [0.15, 0.2) is 0 Å². The number of carboxylic acid groups (broad SMARTS) is 1. The third-order valence-corrected chi connectivity index (χ3v) is 4.69. The maximum Gasteiger partial charge on any atom is 0.305 e. The van der Waals surface area contributed by atoms with E-state index in [-0.39, 0.29) is 18.5 Å². The molecule has 0 amide bonds. The highest BCUT2D eigenvalue weighted by atomic mass is 35.5. The van der Waals surface area contributed by atoms with E-state index >= 15 is 0 Å². The summed E-state index contributed by atoms with van der Waals surface area (Å²) in [6.07, 6.45) is 0.0239. The Bertz CT molecular complexity index is 616. The quantitative estimate of drug-likeness (QED) is 0.782. The molecule has 0 aliphatic carbocycles. The Hall–Kier alpha value is -1.07. The Kier molecular flexibility index (Phi) is 5.65. The monoisotopic (exact) mass is 343 g/mol. The molecule has 2 unspecified atom stereocenters. The summed E-state index contributed by atoms with van der Waals surface area (Å²) in [4.78, 5) is 12.1. The second-order valence-corrected chi connectivity index (χ2v) is 6.54. The zero-order valence-electron chi connectivity index (χ0n) is 11.3. The van der Waals surface area contributed by atoms with E-state index in [1.54, 1.807) is 12.1 Å². The maximum atomic E-state index is 11.1. The summed E-state index contributed by atoms with van der Waals surface area (Å²) in [5.74, 6) is -0.838. The third kappa shape index (κ3) is 4.45. The smallest absolute Gasteiger partial charge is 0.305 e. The standard InChI is InChI=1S/C15H15Cl2NO2S/c1-9(11-5-4-10(16)7-12(11)17)18-13(8-15(19)20)14-3-2-6-21-14/h2-7,9,13,18H,8H2,1H3,(H,19,20). The summed E-state index contributed by atoms with van der Waals surface area (Å²) in [5.41, 5.74) is 0.896. The van der Waals surface area contributed by atoms with Crippen molar-refractivity contribution in [1.29, 1.82) is 0 Å². The molecule has 1 aromatic heterocycles. The first-order valence-electron chi connectivity index (χ1n) is 6.43. The van der Waals surface area contributed by atoms with E-state index in [1.807, 2.05) is 30.5 Å². The van der Waals surface area contributed by atoms with Gasteiger partial charge in [-0.3, -0.25) is 4.79 Å². The average Bonchev–Trinajstić information content (AvgIpc) is 2.90. The second-order valence-electron chi connectivity index (χ2n) is 4.72. The van der Waals surface area contributed by atoms with Gasteiger partial charge in [0, 0.05) is 21.0 Å². The van der Waals surface area contributed by atoms with Gasteiger partial charge in [0.1, 0.15) is 0 Å². The van der Waals surface area contributed by atoms with Crippen LogP contribution in [0, 0.1) is 0 Å². The number of halogens is 2. The van der Waals surface area contributed by atoms with Crippen LogP contribution >= 0.6 is 34.5 Å². The fourth-order valence-corrected chi connectivity index (χ4v) is 3.51. The summed E-state index contributed by atoms with van der Waals surface area (Å²) in [6.45, 7) is 1.96. The van der Waals surface area contributed by atoms with Gasteiger partial charge in [-0.2, -0.15) is 0 Å². The number of nitrogens with one attached hydrogen (secondary N) is 1. The first kappa shape index (κ1) is 16.3. The Balaban J connectivity index is 2.17. The Morgan fingerprint density at radius 3 is 2.71 bits per heavy atom. The second kappa shape index (κ2) is 7.27. The minimum absolute atomic E-state index is 0.0239. The SMILES string of the molecule is CC(NC(CC(=O)O)c1cccs1)c1ccc(Cl)cc1Cl. The first-order valence-corrected chi connectivity index (χ1v) is 8.07. The van der Waals surface area contributed by atoms with Gasteiger partial charge >= 0.3 is 5.97 Å². The highest BCUT2D eigenvalue weighted by molar-refractivity contribution is 7.10. The zero-order valence-corrected chi connectivity index (χ0v) is 13.7. The predicted octanol–water partition coefficient (Wildman–Crippen LogP) is 4.92. The van der Waals surface area contributed by atoms with Crippen LogP contribution in [-0.2, 0) is 4.79 Å². The minimum atomic E-state index is -0.838. The Morgan fingerprint density at radius 2 is 2.14 bits per heavy atom. The molecule has 0 bridgehead atoms. The summed E-state index contributed by atoms with van der Waals surface area (Å²) in [5, 5.41) is 15.5. The van der Waals surface area contributed by atoms with E-state index in [0.29, 0.717) is 10.0 Å². The summed E-state index contributed by atoms with van der Waals surface area (Å²) >= 11 is 13.6. The molecule has 1 aromatic carbocycles. The molecule has 0 radical (unpaired) electrons. The lowest BCUT2D eigenvalue weighted by molar-refractivity contribution is -0.137. The minimum Gasteiger partial charge on any atom is -0.481 e. The van der Waals surface area contributed by atoms with E-state index < -0.39 is 5.97 Å². The Morgan fingerprint density at radius 1 is 1.38 bits per heavy atom. The first-order chi connectivity index (χ1) is 9.97. The van der Waals surface area contributed by atoms with Gasteiger partial charge in [-0.1, -0.05) is 35.3 Å². The van der Waals surface area contributed by atoms with Gasteiger partial charge in [0.2, 0.25) is 0 Å². The molecule has 0 saturated carbocycles. The lowest BCUT2D eigenvalue weighted by Crippen LogP contribution is -2.26. The average molecular weight is 344 g/mol. The van der Waals surface area contributed by atoms with E-state index in [1.165, 1.54) is 11.3 Å². The number of benzene rings is 1. The molecule has 3 nitrogen and oxygen atoms in total. The van der Waals surface area contributed by atoms with Crippen LogP contribution < -0.4 is 5.32 Å². The molecule has 0 fully saturated rings. The highest BCUT2D eigenvalue weighted by Gasteiger charge is 2.20. The lowest BCUT2D eigenvalue weighted by atomic mass is 10.1. The van der Waals surface area contributed by atoms with E-state index in [9.17, 15) is 4.79 Å². The van der Waals surface area contributed by atoms with Crippen molar-refractivity contribution in [2.24, 2.45) is 0 Å². The molecule has 21 heavy (non-hydrogen) atoms. The Labute approximate surface area is 137 Å². The van der Waals surface area contributed by atoms with Crippen LogP contribution in [-0.4, -0.2) is 11.1 Å². The molecule has 0 spiro atoms. The largest absolute Gasteiger partial charge is 0.481 e. The van der Waals surface area contributed by atoms with Crippen molar-refractivity contribution in [1.82, 2.24) is 5.32 Å². The van der Waals surface area contributed by atoms with Crippen LogP contribution in [0.1, 0.15) is 35.9 Å². The van der Waals surface area contributed by atoms with Crippen LogP contribution in [0.25, 0.3) is 0 Å². The van der Waals surface area contributed by atoms with Crippen molar-refractivity contribution in [3.8, 4) is 0 Å². The van der Waals surface area contributed by atoms with Crippen LogP contribution in [0.2, 0.25) is 10.0 Å². The number of hydrogen-bond donors (Lipinski definition) is 2. The van der Waals surface area contributed by atoms with Crippen molar-refractivity contribution >= 4 is 40.5 Å². The van der Waals surface area contributed by atoms with Crippen molar-refractivity contribution in [3.05, 3.63) is 56.2 Å². The molecule has 1 heterocycles. The normalized spacial score (nSPS) is 13.9. The summed E-state index contributed by atoms with van der Waals surface area (Å²) in [7, 11) is 0. The van der Waals surface area contributed by atoms with Crippen LogP contribution in [0.15, 0.2) is 35.7 Å². The third-order valence-electron chi connectivity index (χ3n) is 3.15. The lowest BCUT2D eigenvalue weighted by Gasteiger charge is -2.22. The van der Waals surface area contributed by atoms with E-state index in [2.05, 4.69) is 5.32 Å². The molecule has 0 aliphatic rings. The van der Waals surface area contributed by atoms with Crippen molar-refractivity contribution in [2.45, 2.75) is 25.4 Å². The molecular weight excluding hydrogens is 329 g/mol. The predicted molar refractivity (Wildman–Crippen MR) is 87.3 cm³/mol. The number of rotatable bonds is 6. The van der Waals surface area contributed by atoms with E-state index in [4.69, 9.17) is 28.3 Å². The van der Waals surface area contributed by atoms with Gasteiger partial charge < -0.3 is 10.4 Å². The fraction of sp³-hybridized carbons (Fsp3) is 0.267. The maximum absolute atomic E-state index is 11.1. The number of thiophene rings is 1. The van der Waals surface area contributed by atoms with Crippen molar-refractivity contribution in [2.75, 3.05) is 0 Å². The van der Waals surface area contributed by atoms with Gasteiger partial charge in [0.05, 0.1) is 12.5 Å². The summed E-state index contributed by atoms with van der Waals surface area (Å²) in [6, 6.07) is 8.84. The molecule has 0 aliphatic heterocycles. The summed E-state index contributed by atoms with van der Waals surface area (Å²) < 4.78 is 0. The molecule has 2 rings (SSSR count). The number of carboxylic acids is 1. The molecule has 112 valence electrons. The van der Waals surface area contributed by atoms with Gasteiger partial charge in [0.25, 0.3) is 0 Å². The topological polar surface area (TPSA) is 49.3 Å². The van der Waals surface area contributed by atoms with Crippen LogP contribution in [0.5, 0.6) is 0 Å². The van der Waals surface area contributed by atoms with Gasteiger partial charge in [-0.25, -0.2) is 0 Å². The van der Waals surface area contributed by atoms with E-state index in [0.717, 1.165) is 10.4 Å². The molecule has 2 aromatic rings. The molecular formula is C15H15Cl2NO2S. The fourth-order valence-electron chi connectivity index (χ4n) is 2.15. The number of carbonyl (C=O) groups is 1. The van der Waals surface area contributed by atoms with Crippen LogP contribution in [0.3, 0.4) is 0 Å². The highest BCUT2D eigenvalue weighted by Crippen LogP contribution is 2.30. The molecule has 0 saturated heterocycles. The van der Waals surface area contributed by atoms with Crippen LogP contribution in [0.4, 0.5) is 0 Å². The van der Waals surface area contributed by atoms with Crippen molar-refractivity contribution < 1.29 is 9.90 Å². The number of hydrogen-bond acceptors (Lipinski definition) is 3. The molecule has 2 atom stereocenters. The van der Waals surface area contributed by atoms with Gasteiger partial charge in [-0.15, -0.1) is 11.3 Å². The van der Waals surface area contributed by atoms with Gasteiger partial charge in [-0.05, 0) is 36.1 Å². The van der Waals surface area contributed by atoms with Crippen molar-refractivity contribution in [3.63, 3.8) is 0 Å². The zero-order chi connectivity index (χ0) is 15.4. The number of aliphatic carboxylic acids is 1. The molecule has 2 N–H and O–H groups in total.